The molecule has 0 spiro atoms. The average Bonchev–Trinajstić information content (AvgIpc) is 3.33. The summed E-state index contributed by atoms with van der Waals surface area (Å²) in [7, 11) is 0. The van der Waals surface area contributed by atoms with Crippen molar-refractivity contribution in [3.05, 3.63) is 162 Å². The summed E-state index contributed by atoms with van der Waals surface area (Å²) in [6, 6.07) is 32.4. The third-order valence-electron chi connectivity index (χ3n) is 6.08. The van der Waals surface area contributed by atoms with Crippen molar-refractivity contribution in [2.45, 2.75) is 5.41 Å². The summed E-state index contributed by atoms with van der Waals surface area (Å²) in [5.74, 6) is 0.204. The lowest BCUT2D eigenvalue weighted by Gasteiger charge is -2.37. The van der Waals surface area contributed by atoms with Crippen molar-refractivity contribution in [1.29, 1.82) is 0 Å². The molecule has 1 atom stereocenters. The van der Waals surface area contributed by atoms with Gasteiger partial charge in [0.25, 0.3) is 0 Å². The standard InChI is InChI=1S/C30H24/c1-4-14-24(15-5-1)29(25-16-6-2-7-17-25)27-20-10-11-21-28(27)30(22-12-13-23-30)26-18-8-3-9-19-26/h1-23,28H. The van der Waals surface area contributed by atoms with Crippen LogP contribution in [0.3, 0.4) is 0 Å². The van der Waals surface area contributed by atoms with Gasteiger partial charge < -0.3 is 0 Å². The molecule has 2 aliphatic rings. The van der Waals surface area contributed by atoms with E-state index in [-0.39, 0.29) is 11.3 Å². The number of hydrogen-bond acceptors (Lipinski definition) is 0. The number of rotatable bonds is 4. The Kier molecular flexibility index (Phi) is 4.91. The highest BCUT2D eigenvalue weighted by atomic mass is 14.4. The van der Waals surface area contributed by atoms with E-state index in [1.54, 1.807) is 0 Å². The monoisotopic (exact) mass is 384 g/mol. The van der Waals surface area contributed by atoms with Crippen LogP contribution in [0.15, 0.2) is 145 Å². The summed E-state index contributed by atoms with van der Waals surface area (Å²) in [6.07, 6.45) is 18.1. The minimum atomic E-state index is -0.188. The van der Waals surface area contributed by atoms with Crippen molar-refractivity contribution in [2.75, 3.05) is 0 Å². The topological polar surface area (TPSA) is 0 Å². The van der Waals surface area contributed by atoms with Crippen LogP contribution in [0.4, 0.5) is 0 Å². The Morgan fingerprint density at radius 2 is 1.10 bits per heavy atom. The van der Waals surface area contributed by atoms with E-state index in [4.69, 9.17) is 0 Å². The summed E-state index contributed by atoms with van der Waals surface area (Å²) < 4.78 is 0. The van der Waals surface area contributed by atoms with E-state index in [0.29, 0.717) is 0 Å². The molecule has 0 nitrogen and oxygen atoms in total. The zero-order valence-corrected chi connectivity index (χ0v) is 16.9. The van der Waals surface area contributed by atoms with Crippen molar-refractivity contribution in [1.82, 2.24) is 0 Å². The SMILES string of the molecule is C1=CC(=C(c2ccccc2)c2ccccc2)C(C2(c3ccccc3)C=CC=C2)C=C1. The van der Waals surface area contributed by atoms with Gasteiger partial charge in [-0.1, -0.05) is 140 Å². The van der Waals surface area contributed by atoms with Crippen LogP contribution in [-0.2, 0) is 5.41 Å². The first-order chi connectivity index (χ1) is 14.9. The molecule has 0 amide bonds. The van der Waals surface area contributed by atoms with Crippen LogP contribution in [0.1, 0.15) is 16.7 Å². The maximum atomic E-state index is 2.36. The van der Waals surface area contributed by atoms with Gasteiger partial charge in [-0.25, -0.2) is 0 Å². The molecule has 0 fully saturated rings. The highest BCUT2D eigenvalue weighted by Crippen LogP contribution is 2.47. The van der Waals surface area contributed by atoms with E-state index >= 15 is 0 Å². The van der Waals surface area contributed by atoms with Crippen LogP contribution in [-0.4, -0.2) is 0 Å². The Bertz CT molecular complexity index is 1100. The number of allylic oxidation sites excluding steroid dienone is 9. The van der Waals surface area contributed by atoms with Gasteiger partial charge in [-0.05, 0) is 27.8 Å². The molecule has 0 radical (unpaired) electrons. The fourth-order valence-electron chi connectivity index (χ4n) is 4.70. The highest BCUT2D eigenvalue weighted by molar-refractivity contribution is 5.85. The number of hydrogen-bond donors (Lipinski definition) is 0. The van der Waals surface area contributed by atoms with E-state index < -0.39 is 0 Å². The van der Waals surface area contributed by atoms with E-state index in [1.807, 2.05) is 0 Å². The lowest BCUT2D eigenvalue weighted by molar-refractivity contribution is 0.553. The lowest BCUT2D eigenvalue weighted by Crippen LogP contribution is -2.31. The molecular weight excluding hydrogens is 360 g/mol. The van der Waals surface area contributed by atoms with Gasteiger partial charge in [-0.2, -0.15) is 0 Å². The highest BCUT2D eigenvalue weighted by Gasteiger charge is 2.39. The molecule has 0 heterocycles. The van der Waals surface area contributed by atoms with Crippen LogP contribution >= 0.6 is 0 Å². The van der Waals surface area contributed by atoms with E-state index in [1.165, 1.54) is 27.8 Å². The second-order valence-corrected chi connectivity index (χ2v) is 7.80. The Morgan fingerprint density at radius 1 is 0.567 bits per heavy atom. The van der Waals surface area contributed by atoms with Crippen molar-refractivity contribution in [3.8, 4) is 0 Å². The van der Waals surface area contributed by atoms with Gasteiger partial charge in [0, 0.05) is 11.3 Å². The Labute approximate surface area is 178 Å². The van der Waals surface area contributed by atoms with Gasteiger partial charge in [-0.3, -0.25) is 0 Å². The van der Waals surface area contributed by atoms with Crippen LogP contribution < -0.4 is 0 Å². The second-order valence-electron chi connectivity index (χ2n) is 7.80. The van der Waals surface area contributed by atoms with Gasteiger partial charge in [-0.15, -0.1) is 0 Å². The molecule has 5 rings (SSSR count). The van der Waals surface area contributed by atoms with Crippen molar-refractivity contribution in [2.24, 2.45) is 5.92 Å². The van der Waals surface area contributed by atoms with Crippen LogP contribution in [0.25, 0.3) is 5.57 Å². The summed E-state index contributed by atoms with van der Waals surface area (Å²) in [4.78, 5) is 0. The maximum Gasteiger partial charge on any atom is 0.0421 e. The van der Waals surface area contributed by atoms with Crippen molar-refractivity contribution < 1.29 is 0 Å². The molecule has 3 aromatic rings. The molecule has 0 saturated carbocycles. The summed E-state index contributed by atoms with van der Waals surface area (Å²) in [5, 5.41) is 0. The minimum Gasteiger partial charge on any atom is -0.0755 e. The summed E-state index contributed by atoms with van der Waals surface area (Å²) in [5.41, 5.74) is 6.27. The molecule has 1 unspecified atom stereocenters. The first kappa shape index (κ1) is 18.4. The minimum absolute atomic E-state index is 0.188. The normalized spacial score (nSPS) is 18.7. The molecular formula is C30H24. The Balaban J connectivity index is 1.77. The summed E-state index contributed by atoms with van der Waals surface area (Å²) in [6.45, 7) is 0. The molecule has 0 bridgehead atoms. The molecule has 0 aliphatic heterocycles. The van der Waals surface area contributed by atoms with Crippen molar-refractivity contribution >= 4 is 5.57 Å². The van der Waals surface area contributed by atoms with Gasteiger partial charge in [0.2, 0.25) is 0 Å². The molecule has 0 heteroatoms. The third kappa shape index (κ3) is 3.21. The van der Waals surface area contributed by atoms with Crippen LogP contribution in [0.5, 0.6) is 0 Å². The summed E-state index contributed by atoms with van der Waals surface area (Å²) >= 11 is 0. The van der Waals surface area contributed by atoms with E-state index in [0.717, 1.165) is 0 Å². The molecule has 0 N–H and O–H groups in total. The molecule has 144 valence electrons. The Morgan fingerprint density at radius 3 is 1.67 bits per heavy atom. The fraction of sp³-hybridized carbons (Fsp3) is 0.0667. The smallest absolute Gasteiger partial charge is 0.0421 e. The molecule has 0 saturated heterocycles. The molecule has 0 aromatic heterocycles. The first-order valence-corrected chi connectivity index (χ1v) is 10.5. The Hall–Kier alpha value is -3.64. The van der Waals surface area contributed by atoms with E-state index in [2.05, 4.69) is 140 Å². The van der Waals surface area contributed by atoms with Crippen LogP contribution in [0.2, 0.25) is 0 Å². The van der Waals surface area contributed by atoms with Crippen molar-refractivity contribution in [3.63, 3.8) is 0 Å². The molecule has 2 aliphatic carbocycles. The van der Waals surface area contributed by atoms with Gasteiger partial charge in [0.15, 0.2) is 0 Å². The van der Waals surface area contributed by atoms with Crippen LogP contribution in [0, 0.1) is 5.92 Å². The zero-order valence-electron chi connectivity index (χ0n) is 16.9. The van der Waals surface area contributed by atoms with E-state index in [9.17, 15) is 0 Å². The zero-order chi connectivity index (χ0) is 20.2. The average molecular weight is 385 g/mol. The van der Waals surface area contributed by atoms with Gasteiger partial charge >= 0.3 is 0 Å². The largest absolute Gasteiger partial charge is 0.0755 e. The second kappa shape index (κ2) is 8.00. The lowest BCUT2D eigenvalue weighted by atomic mass is 9.65. The quantitative estimate of drug-likeness (QED) is 0.443. The maximum absolute atomic E-state index is 2.36. The van der Waals surface area contributed by atoms with Gasteiger partial charge in [0.05, 0.1) is 0 Å². The predicted molar refractivity (Wildman–Crippen MR) is 127 cm³/mol. The first-order valence-electron chi connectivity index (χ1n) is 10.5. The molecule has 30 heavy (non-hydrogen) atoms. The third-order valence-corrected chi connectivity index (χ3v) is 6.08. The number of benzene rings is 3. The fourth-order valence-corrected chi connectivity index (χ4v) is 4.70. The van der Waals surface area contributed by atoms with Gasteiger partial charge in [0.1, 0.15) is 0 Å². The molecule has 3 aromatic carbocycles. The predicted octanol–water partition coefficient (Wildman–Crippen LogP) is 7.29.